The molecule has 20 heavy (non-hydrogen) atoms. The average molecular weight is 299 g/mol. The Kier molecular flexibility index (Phi) is 3.06. The Balaban J connectivity index is 1.87. The Bertz CT molecular complexity index is 656. The molecule has 0 aromatic heterocycles. The van der Waals surface area contributed by atoms with Crippen LogP contribution in [0.25, 0.3) is 0 Å². The van der Waals surface area contributed by atoms with Crippen LogP contribution in [-0.2, 0) is 14.8 Å². The van der Waals surface area contributed by atoms with Crippen LogP contribution in [0.2, 0.25) is 0 Å². The van der Waals surface area contributed by atoms with Crippen molar-refractivity contribution in [2.24, 2.45) is 5.92 Å². The Hall–Kier alpha value is -1.80. The fraction of sp³-hybridized carbons (Fsp3) is 0.417. The predicted molar refractivity (Wildman–Crippen MR) is 67.1 cm³/mol. The van der Waals surface area contributed by atoms with Crippen LogP contribution in [0.4, 0.5) is 0 Å². The summed E-state index contributed by atoms with van der Waals surface area (Å²) < 4.78 is 36.4. The van der Waals surface area contributed by atoms with Gasteiger partial charge in [0.25, 0.3) is 0 Å². The van der Waals surface area contributed by atoms with E-state index in [1.807, 2.05) is 0 Å². The topological polar surface area (TPSA) is 93.1 Å². The van der Waals surface area contributed by atoms with Crippen molar-refractivity contribution in [1.82, 2.24) is 4.31 Å². The minimum absolute atomic E-state index is 0.00606. The van der Waals surface area contributed by atoms with E-state index in [0.29, 0.717) is 17.9 Å². The standard InChI is InChI=1S/C12H13NO6S/c14-12(15)8-3-4-13(6-8)20(16,17)9-1-2-10-11(5-9)19-7-18-10/h1-2,5,8H,3-4,6-7H2,(H,14,15). The molecule has 1 aromatic rings. The van der Waals surface area contributed by atoms with Gasteiger partial charge in [-0.1, -0.05) is 0 Å². The van der Waals surface area contributed by atoms with Gasteiger partial charge in [0, 0.05) is 19.2 Å². The lowest BCUT2D eigenvalue weighted by molar-refractivity contribution is -0.141. The zero-order valence-corrected chi connectivity index (χ0v) is 11.3. The van der Waals surface area contributed by atoms with E-state index in [1.54, 1.807) is 6.07 Å². The zero-order valence-electron chi connectivity index (χ0n) is 10.5. The lowest BCUT2D eigenvalue weighted by Crippen LogP contribution is -2.30. The van der Waals surface area contributed by atoms with E-state index in [4.69, 9.17) is 14.6 Å². The van der Waals surface area contributed by atoms with Gasteiger partial charge in [0.1, 0.15) is 0 Å². The first-order chi connectivity index (χ1) is 9.48. The highest BCUT2D eigenvalue weighted by atomic mass is 32.2. The molecule has 0 aliphatic carbocycles. The van der Waals surface area contributed by atoms with Crippen molar-refractivity contribution in [3.8, 4) is 11.5 Å². The SMILES string of the molecule is O=C(O)C1CCN(S(=O)(=O)c2ccc3c(c2)OCO3)C1. The van der Waals surface area contributed by atoms with E-state index in [2.05, 4.69) is 0 Å². The minimum atomic E-state index is -3.69. The number of aliphatic carboxylic acids is 1. The van der Waals surface area contributed by atoms with Crippen LogP contribution in [0.1, 0.15) is 6.42 Å². The van der Waals surface area contributed by atoms with Gasteiger partial charge >= 0.3 is 5.97 Å². The molecule has 2 aliphatic rings. The number of nitrogens with zero attached hydrogens (tertiary/aromatic N) is 1. The summed E-state index contributed by atoms with van der Waals surface area (Å²) in [7, 11) is -3.69. The summed E-state index contributed by atoms with van der Waals surface area (Å²) in [5.41, 5.74) is 0. The van der Waals surface area contributed by atoms with Gasteiger partial charge in [0.2, 0.25) is 16.8 Å². The van der Waals surface area contributed by atoms with E-state index in [9.17, 15) is 13.2 Å². The van der Waals surface area contributed by atoms with Crippen molar-refractivity contribution in [1.29, 1.82) is 0 Å². The Morgan fingerprint density at radius 1 is 1.30 bits per heavy atom. The van der Waals surface area contributed by atoms with Crippen LogP contribution in [0, 0.1) is 5.92 Å². The van der Waals surface area contributed by atoms with E-state index >= 15 is 0 Å². The van der Waals surface area contributed by atoms with Crippen LogP contribution >= 0.6 is 0 Å². The molecule has 1 N–H and O–H groups in total. The first-order valence-electron chi connectivity index (χ1n) is 6.11. The molecule has 108 valence electrons. The molecule has 1 aromatic carbocycles. The van der Waals surface area contributed by atoms with Gasteiger partial charge in [-0.15, -0.1) is 0 Å². The number of hydrogen-bond acceptors (Lipinski definition) is 5. The predicted octanol–water partition coefficient (Wildman–Crippen LogP) is 0.510. The molecule has 1 unspecified atom stereocenters. The van der Waals surface area contributed by atoms with Gasteiger partial charge in [-0.3, -0.25) is 4.79 Å². The van der Waals surface area contributed by atoms with Crippen molar-refractivity contribution in [3.63, 3.8) is 0 Å². The van der Waals surface area contributed by atoms with Gasteiger partial charge < -0.3 is 14.6 Å². The maximum atomic E-state index is 12.4. The van der Waals surface area contributed by atoms with Crippen molar-refractivity contribution in [3.05, 3.63) is 18.2 Å². The second kappa shape index (κ2) is 4.64. The van der Waals surface area contributed by atoms with E-state index < -0.39 is 21.9 Å². The van der Waals surface area contributed by atoms with Crippen molar-refractivity contribution >= 4 is 16.0 Å². The zero-order chi connectivity index (χ0) is 14.3. The number of sulfonamides is 1. The highest BCUT2D eigenvalue weighted by molar-refractivity contribution is 7.89. The van der Waals surface area contributed by atoms with Crippen LogP contribution in [0.15, 0.2) is 23.1 Å². The smallest absolute Gasteiger partial charge is 0.307 e. The first-order valence-corrected chi connectivity index (χ1v) is 7.55. The van der Waals surface area contributed by atoms with Crippen molar-refractivity contribution in [2.45, 2.75) is 11.3 Å². The maximum absolute atomic E-state index is 12.4. The summed E-state index contributed by atoms with van der Waals surface area (Å²) in [6, 6.07) is 4.39. The number of benzene rings is 1. The first kappa shape index (κ1) is 13.2. The highest BCUT2D eigenvalue weighted by Crippen LogP contribution is 2.35. The number of hydrogen-bond donors (Lipinski definition) is 1. The van der Waals surface area contributed by atoms with Crippen molar-refractivity contribution < 1.29 is 27.8 Å². The largest absolute Gasteiger partial charge is 0.481 e. The number of ether oxygens (including phenoxy) is 2. The lowest BCUT2D eigenvalue weighted by Gasteiger charge is -2.16. The number of fused-ring (bicyclic) bond motifs is 1. The fourth-order valence-corrected chi connectivity index (χ4v) is 3.85. The third-order valence-corrected chi connectivity index (χ3v) is 5.34. The molecule has 2 aliphatic heterocycles. The van der Waals surface area contributed by atoms with E-state index in [1.165, 1.54) is 16.4 Å². The molecule has 0 spiro atoms. The summed E-state index contributed by atoms with van der Waals surface area (Å²) >= 11 is 0. The van der Waals surface area contributed by atoms with Gasteiger partial charge in [0.15, 0.2) is 11.5 Å². The molecule has 8 heteroatoms. The quantitative estimate of drug-likeness (QED) is 0.874. The van der Waals surface area contributed by atoms with Gasteiger partial charge in [-0.2, -0.15) is 4.31 Å². The second-order valence-electron chi connectivity index (χ2n) is 4.70. The molecular formula is C12H13NO6S. The lowest BCUT2D eigenvalue weighted by atomic mass is 10.1. The van der Waals surface area contributed by atoms with Crippen LogP contribution < -0.4 is 9.47 Å². The number of carboxylic acid groups (broad SMARTS) is 1. The second-order valence-corrected chi connectivity index (χ2v) is 6.64. The summed E-state index contributed by atoms with van der Waals surface area (Å²) in [4.78, 5) is 11.0. The normalized spacial score (nSPS) is 22.1. The fourth-order valence-electron chi connectivity index (χ4n) is 2.33. The summed E-state index contributed by atoms with van der Waals surface area (Å²) in [6.07, 6.45) is 0.332. The third-order valence-electron chi connectivity index (χ3n) is 3.48. The molecule has 2 heterocycles. The van der Waals surface area contributed by atoms with Gasteiger partial charge in [0.05, 0.1) is 10.8 Å². The molecule has 3 rings (SSSR count). The summed E-state index contributed by atoms with van der Waals surface area (Å²) in [5, 5.41) is 8.94. The Morgan fingerprint density at radius 2 is 2.05 bits per heavy atom. The summed E-state index contributed by atoms with van der Waals surface area (Å²) in [5.74, 6) is -0.707. The molecule has 0 bridgehead atoms. The molecule has 1 fully saturated rings. The third kappa shape index (κ3) is 2.10. The Morgan fingerprint density at radius 3 is 2.75 bits per heavy atom. The molecule has 1 saturated heterocycles. The average Bonchev–Trinajstić information content (AvgIpc) is 3.07. The monoisotopic (exact) mass is 299 g/mol. The number of carbonyl (C=O) groups is 1. The number of carboxylic acids is 1. The van der Waals surface area contributed by atoms with Crippen LogP contribution in [-0.4, -0.2) is 43.7 Å². The van der Waals surface area contributed by atoms with Crippen molar-refractivity contribution in [2.75, 3.05) is 19.9 Å². The van der Waals surface area contributed by atoms with Crippen LogP contribution in [0.5, 0.6) is 11.5 Å². The van der Waals surface area contributed by atoms with Gasteiger partial charge in [-0.25, -0.2) is 8.42 Å². The Labute approximate surface area is 115 Å². The number of rotatable bonds is 3. The molecular weight excluding hydrogens is 286 g/mol. The van der Waals surface area contributed by atoms with E-state index in [-0.39, 0.29) is 24.8 Å². The highest BCUT2D eigenvalue weighted by Gasteiger charge is 2.36. The molecule has 0 amide bonds. The molecule has 7 nitrogen and oxygen atoms in total. The van der Waals surface area contributed by atoms with E-state index in [0.717, 1.165) is 0 Å². The van der Waals surface area contributed by atoms with Crippen LogP contribution in [0.3, 0.4) is 0 Å². The molecule has 0 saturated carbocycles. The maximum Gasteiger partial charge on any atom is 0.307 e. The minimum Gasteiger partial charge on any atom is -0.481 e. The van der Waals surface area contributed by atoms with Gasteiger partial charge in [-0.05, 0) is 18.6 Å². The summed E-state index contributed by atoms with van der Waals surface area (Å²) in [6.45, 7) is 0.295. The molecule has 0 radical (unpaired) electrons. The molecule has 1 atom stereocenters.